The van der Waals surface area contributed by atoms with Crippen molar-refractivity contribution in [1.29, 1.82) is 0 Å². The molecule has 2 N–H and O–H groups in total. The van der Waals surface area contributed by atoms with Gasteiger partial charge in [0.05, 0.1) is 25.4 Å². The molecule has 1 saturated heterocycles. The van der Waals surface area contributed by atoms with Gasteiger partial charge in [-0.05, 0) is 56.7 Å². The minimum atomic E-state index is -0.686. The number of hydrogen-bond acceptors (Lipinski definition) is 5. The number of benzene rings is 1. The molecule has 2 atom stereocenters. The molecule has 1 aliphatic rings. The third kappa shape index (κ3) is 4.20. The lowest BCUT2D eigenvalue weighted by Gasteiger charge is -2.45. The van der Waals surface area contributed by atoms with Crippen molar-refractivity contribution in [1.82, 2.24) is 4.90 Å². The number of rotatable bonds is 7. The number of ether oxygens (including phenoxy) is 1. The van der Waals surface area contributed by atoms with E-state index in [-0.39, 0.29) is 18.9 Å². The highest BCUT2D eigenvalue weighted by Gasteiger charge is 2.43. The summed E-state index contributed by atoms with van der Waals surface area (Å²) in [6.45, 7) is 7.43. The van der Waals surface area contributed by atoms with Crippen LogP contribution in [0.5, 0.6) is 0 Å². The van der Waals surface area contributed by atoms with Gasteiger partial charge in [-0.3, -0.25) is 4.79 Å². The van der Waals surface area contributed by atoms with Crippen LogP contribution in [0, 0.1) is 26.2 Å². The molecule has 1 fully saturated rings. The van der Waals surface area contributed by atoms with E-state index in [0.717, 1.165) is 34.1 Å². The molecule has 0 bridgehead atoms. The largest absolute Gasteiger partial charge is 0.464 e. The fraction of sp³-hybridized carbons (Fsp3) is 0.609. The molecule has 0 radical (unpaired) electrons. The van der Waals surface area contributed by atoms with Crippen LogP contribution >= 0.6 is 0 Å². The molecule has 2 heterocycles. The van der Waals surface area contributed by atoms with Crippen molar-refractivity contribution in [2.75, 3.05) is 33.4 Å². The summed E-state index contributed by atoms with van der Waals surface area (Å²) >= 11 is 0. The van der Waals surface area contributed by atoms with Crippen LogP contribution in [0.4, 0.5) is 0 Å². The third-order valence-corrected chi connectivity index (χ3v) is 6.54. The van der Waals surface area contributed by atoms with Crippen LogP contribution in [-0.4, -0.2) is 60.5 Å². The number of likely N-dealkylation sites (tertiary alicyclic amines) is 1. The second-order valence-electron chi connectivity index (χ2n) is 8.51. The number of fused-ring (bicyclic) bond motifs is 1. The first-order chi connectivity index (χ1) is 13.8. The van der Waals surface area contributed by atoms with E-state index in [2.05, 4.69) is 13.0 Å². The van der Waals surface area contributed by atoms with Crippen molar-refractivity contribution in [2.45, 2.75) is 52.6 Å². The zero-order valence-electron chi connectivity index (χ0n) is 18.0. The van der Waals surface area contributed by atoms with E-state index in [1.807, 2.05) is 13.8 Å². The van der Waals surface area contributed by atoms with Gasteiger partial charge in [-0.1, -0.05) is 6.07 Å². The van der Waals surface area contributed by atoms with Crippen molar-refractivity contribution < 1.29 is 24.2 Å². The number of amides is 1. The van der Waals surface area contributed by atoms with E-state index < -0.39 is 11.5 Å². The van der Waals surface area contributed by atoms with Gasteiger partial charge in [-0.15, -0.1) is 0 Å². The monoisotopic (exact) mass is 403 g/mol. The average molecular weight is 404 g/mol. The molecule has 160 valence electrons. The van der Waals surface area contributed by atoms with E-state index >= 15 is 0 Å². The van der Waals surface area contributed by atoms with E-state index in [0.29, 0.717) is 32.5 Å². The fourth-order valence-corrected chi connectivity index (χ4v) is 4.60. The number of furan rings is 1. The Hall–Kier alpha value is -1.89. The number of carbonyl (C=O) groups excluding carboxylic acids is 1. The first-order valence-corrected chi connectivity index (χ1v) is 10.4. The maximum Gasteiger partial charge on any atom is 0.227 e. The second-order valence-corrected chi connectivity index (χ2v) is 8.51. The minimum absolute atomic E-state index is 0.00166. The molecule has 1 aliphatic heterocycles. The minimum Gasteiger partial charge on any atom is -0.464 e. The predicted octanol–water partition coefficient (Wildman–Crippen LogP) is 2.90. The SMILES string of the molecule is COCCC[C@@]1(CO)CN(C(=O)Cc2coc3c(C)c(C)cc(C)c23)CC[C@H]1O. The summed E-state index contributed by atoms with van der Waals surface area (Å²) in [5.41, 5.74) is 4.44. The van der Waals surface area contributed by atoms with E-state index in [1.54, 1.807) is 18.3 Å². The average Bonchev–Trinajstić information content (AvgIpc) is 3.12. The molecular weight excluding hydrogens is 370 g/mol. The molecule has 6 heteroatoms. The maximum atomic E-state index is 13.1. The molecule has 2 aromatic rings. The number of aliphatic hydroxyl groups excluding tert-OH is 2. The Labute approximate surface area is 172 Å². The molecule has 1 aromatic heterocycles. The summed E-state index contributed by atoms with van der Waals surface area (Å²) < 4.78 is 10.9. The lowest BCUT2D eigenvalue weighted by Crippen LogP contribution is -2.55. The zero-order chi connectivity index (χ0) is 21.2. The Balaban J connectivity index is 1.79. The number of nitrogens with zero attached hydrogens (tertiary/aromatic N) is 1. The molecule has 0 saturated carbocycles. The van der Waals surface area contributed by atoms with Crippen LogP contribution in [0.2, 0.25) is 0 Å². The summed E-state index contributed by atoms with van der Waals surface area (Å²) in [5, 5.41) is 21.6. The van der Waals surface area contributed by atoms with Gasteiger partial charge in [-0.2, -0.15) is 0 Å². The standard InChI is InChI=1S/C23H33NO5/c1-15-10-16(2)21-18(12-29-22(21)17(15)3)11-20(27)24-8-6-19(26)23(13-24,14-25)7-5-9-28-4/h10,12,19,25-26H,5-9,11,13-14H2,1-4H3/t19-,23+/m1/s1. The Morgan fingerprint density at radius 1 is 1.34 bits per heavy atom. The number of piperidine rings is 1. The molecule has 0 aliphatic carbocycles. The van der Waals surface area contributed by atoms with E-state index in [9.17, 15) is 15.0 Å². The number of hydrogen-bond donors (Lipinski definition) is 2. The zero-order valence-corrected chi connectivity index (χ0v) is 18.0. The van der Waals surface area contributed by atoms with Gasteiger partial charge in [0.25, 0.3) is 0 Å². The van der Waals surface area contributed by atoms with Crippen LogP contribution in [0.3, 0.4) is 0 Å². The Morgan fingerprint density at radius 2 is 2.10 bits per heavy atom. The normalized spacial score (nSPS) is 22.4. The van der Waals surface area contributed by atoms with E-state index in [1.165, 1.54) is 5.56 Å². The Morgan fingerprint density at radius 3 is 2.79 bits per heavy atom. The molecule has 6 nitrogen and oxygen atoms in total. The summed E-state index contributed by atoms with van der Waals surface area (Å²) in [4.78, 5) is 14.9. The van der Waals surface area contributed by atoms with Crippen LogP contribution in [0.15, 0.2) is 16.7 Å². The van der Waals surface area contributed by atoms with Crippen molar-refractivity contribution in [2.24, 2.45) is 5.41 Å². The molecule has 1 aromatic carbocycles. The molecule has 3 rings (SSSR count). The lowest BCUT2D eigenvalue weighted by molar-refractivity contribution is -0.142. The van der Waals surface area contributed by atoms with Crippen molar-refractivity contribution in [3.63, 3.8) is 0 Å². The fourth-order valence-electron chi connectivity index (χ4n) is 4.60. The van der Waals surface area contributed by atoms with Crippen molar-refractivity contribution >= 4 is 16.9 Å². The number of aryl methyl sites for hydroxylation is 3. The van der Waals surface area contributed by atoms with Gasteiger partial charge in [0.1, 0.15) is 5.58 Å². The highest BCUT2D eigenvalue weighted by Crippen LogP contribution is 2.36. The maximum absolute atomic E-state index is 13.1. The summed E-state index contributed by atoms with van der Waals surface area (Å²) in [6.07, 6.45) is 3.17. The highest BCUT2D eigenvalue weighted by atomic mass is 16.5. The molecular formula is C23H33NO5. The van der Waals surface area contributed by atoms with Crippen LogP contribution < -0.4 is 0 Å². The molecule has 0 spiro atoms. The quantitative estimate of drug-likeness (QED) is 0.695. The number of carbonyl (C=O) groups is 1. The van der Waals surface area contributed by atoms with Gasteiger partial charge < -0.3 is 24.3 Å². The Bertz CT molecular complexity index is 874. The smallest absolute Gasteiger partial charge is 0.227 e. The second kappa shape index (κ2) is 8.86. The highest BCUT2D eigenvalue weighted by molar-refractivity contribution is 5.92. The lowest BCUT2D eigenvalue weighted by atomic mass is 9.74. The van der Waals surface area contributed by atoms with Gasteiger partial charge in [0.15, 0.2) is 0 Å². The first-order valence-electron chi connectivity index (χ1n) is 10.4. The summed E-state index contributed by atoms with van der Waals surface area (Å²) in [7, 11) is 1.64. The van der Waals surface area contributed by atoms with Gasteiger partial charge in [0.2, 0.25) is 5.91 Å². The molecule has 1 amide bonds. The number of methoxy groups -OCH3 is 1. The first kappa shape index (κ1) is 21.8. The van der Waals surface area contributed by atoms with Crippen LogP contribution in [-0.2, 0) is 16.0 Å². The van der Waals surface area contributed by atoms with E-state index in [4.69, 9.17) is 9.15 Å². The van der Waals surface area contributed by atoms with Crippen molar-refractivity contribution in [3.8, 4) is 0 Å². The predicted molar refractivity (Wildman–Crippen MR) is 112 cm³/mol. The van der Waals surface area contributed by atoms with Crippen LogP contribution in [0.25, 0.3) is 11.0 Å². The number of aliphatic hydroxyl groups is 2. The molecule has 0 unspecified atom stereocenters. The van der Waals surface area contributed by atoms with Gasteiger partial charge in [-0.25, -0.2) is 0 Å². The summed E-state index contributed by atoms with van der Waals surface area (Å²) in [6, 6.07) is 2.13. The topological polar surface area (TPSA) is 83.1 Å². The van der Waals surface area contributed by atoms with Crippen molar-refractivity contribution in [3.05, 3.63) is 34.6 Å². The third-order valence-electron chi connectivity index (χ3n) is 6.54. The summed E-state index contributed by atoms with van der Waals surface area (Å²) in [5.74, 6) is 0.00166. The molecule has 29 heavy (non-hydrogen) atoms. The van der Waals surface area contributed by atoms with Gasteiger partial charge in [0, 0.05) is 43.2 Å². The Kier molecular flexibility index (Phi) is 6.66. The van der Waals surface area contributed by atoms with Gasteiger partial charge >= 0.3 is 0 Å². The van der Waals surface area contributed by atoms with Crippen LogP contribution in [0.1, 0.15) is 41.5 Å².